The number of hydrogen-bond donors (Lipinski definition) is 2. The highest BCUT2D eigenvalue weighted by Gasteiger charge is 2.30. The van der Waals surface area contributed by atoms with Crippen molar-refractivity contribution < 1.29 is 5.11 Å². The maximum atomic E-state index is 9.75. The normalized spacial score (nSPS) is 18.0. The predicted molar refractivity (Wildman–Crippen MR) is 113 cm³/mol. The topological polar surface area (TPSA) is 48.4 Å². The maximum Gasteiger partial charge on any atom is 0.0621 e. The van der Waals surface area contributed by atoms with Crippen LogP contribution in [0, 0.1) is 0 Å². The van der Waals surface area contributed by atoms with Crippen molar-refractivity contribution in [1.29, 1.82) is 0 Å². The molecule has 2 atom stereocenters. The Morgan fingerprint density at radius 2 is 1.85 bits per heavy atom. The lowest BCUT2D eigenvalue weighted by Gasteiger charge is -2.41. The zero-order valence-corrected chi connectivity index (χ0v) is 17.9. The van der Waals surface area contributed by atoms with E-state index in [9.17, 15) is 5.11 Å². The van der Waals surface area contributed by atoms with E-state index in [4.69, 9.17) is 0 Å². The summed E-state index contributed by atoms with van der Waals surface area (Å²) >= 11 is 3.52. The average Bonchev–Trinajstić information content (AvgIpc) is 2.72. The third kappa shape index (κ3) is 6.16. The number of pyridine rings is 1. The van der Waals surface area contributed by atoms with Crippen LogP contribution in [0.2, 0.25) is 0 Å². The van der Waals surface area contributed by atoms with Crippen molar-refractivity contribution in [3.05, 3.63) is 64.4 Å². The van der Waals surface area contributed by atoms with Gasteiger partial charge in [0, 0.05) is 42.5 Å². The van der Waals surface area contributed by atoms with Gasteiger partial charge in [0.1, 0.15) is 0 Å². The van der Waals surface area contributed by atoms with E-state index >= 15 is 0 Å². The second-order valence-electron chi connectivity index (χ2n) is 5.53. The van der Waals surface area contributed by atoms with Gasteiger partial charge < -0.3 is 10.4 Å². The van der Waals surface area contributed by atoms with Gasteiger partial charge in [-0.2, -0.15) is 0 Å². The summed E-state index contributed by atoms with van der Waals surface area (Å²) in [6.07, 6.45) is 3.71. The zero-order valence-electron chi connectivity index (χ0n) is 16.3. The van der Waals surface area contributed by atoms with Crippen molar-refractivity contribution in [1.82, 2.24) is 15.2 Å². The lowest BCUT2D eigenvalue weighted by atomic mass is 9.96. The van der Waals surface area contributed by atoms with E-state index in [1.165, 1.54) is 5.56 Å². The molecule has 3 rings (SSSR count). The van der Waals surface area contributed by atoms with Crippen molar-refractivity contribution in [2.45, 2.75) is 39.8 Å². The summed E-state index contributed by atoms with van der Waals surface area (Å²) in [6, 6.07) is 12.8. The number of nitrogens with one attached hydrogen (secondary N) is 1. The first-order valence-electron chi connectivity index (χ1n) is 9.52. The predicted octanol–water partition coefficient (Wildman–Crippen LogP) is 4.25. The summed E-state index contributed by atoms with van der Waals surface area (Å²) in [6.45, 7) is 10.8. The molecular weight excluding hydrogens is 390 g/mol. The molecule has 0 bridgehead atoms. The summed E-state index contributed by atoms with van der Waals surface area (Å²) in [4.78, 5) is 6.69. The van der Waals surface area contributed by atoms with Gasteiger partial charge in [-0.25, -0.2) is 0 Å². The Morgan fingerprint density at radius 1 is 1.15 bits per heavy atom. The lowest BCUT2D eigenvalue weighted by molar-refractivity contribution is 0.0758. The quantitative estimate of drug-likeness (QED) is 0.774. The minimum Gasteiger partial charge on any atom is -0.395 e. The molecule has 2 aromatic rings. The van der Waals surface area contributed by atoms with Crippen LogP contribution in [0.5, 0.6) is 0 Å². The fourth-order valence-electron chi connectivity index (χ4n) is 3.07. The van der Waals surface area contributed by atoms with Crippen molar-refractivity contribution in [3.63, 3.8) is 0 Å². The number of aliphatic hydroxyl groups excluding tert-OH is 1. The van der Waals surface area contributed by atoms with Gasteiger partial charge in [-0.1, -0.05) is 58.0 Å². The third-order valence-corrected chi connectivity index (χ3v) is 4.53. The Kier molecular flexibility index (Phi) is 11.4. The van der Waals surface area contributed by atoms with E-state index in [-0.39, 0.29) is 18.7 Å². The number of hydrogen-bond acceptors (Lipinski definition) is 4. The molecule has 4 nitrogen and oxygen atoms in total. The first-order chi connectivity index (χ1) is 12.8. The minimum atomic E-state index is 0.102. The SMILES string of the molecule is CC.CC.OCC1CNCCN1C(c1ccccc1)c1cncc(Br)c1. The lowest BCUT2D eigenvalue weighted by Crippen LogP contribution is -2.54. The molecule has 1 aromatic heterocycles. The Hall–Kier alpha value is -1.27. The molecule has 0 radical (unpaired) electrons. The highest BCUT2D eigenvalue weighted by atomic mass is 79.9. The molecule has 1 aromatic carbocycles. The van der Waals surface area contributed by atoms with Gasteiger partial charge in [0.15, 0.2) is 0 Å². The third-order valence-electron chi connectivity index (χ3n) is 4.10. The number of nitrogens with zero attached hydrogens (tertiary/aromatic N) is 2. The molecule has 0 saturated carbocycles. The number of aliphatic hydroxyl groups is 1. The fourth-order valence-corrected chi connectivity index (χ4v) is 3.46. The highest BCUT2D eigenvalue weighted by molar-refractivity contribution is 9.10. The van der Waals surface area contributed by atoms with E-state index in [0.717, 1.165) is 29.7 Å². The highest BCUT2D eigenvalue weighted by Crippen LogP contribution is 2.31. The van der Waals surface area contributed by atoms with E-state index in [2.05, 4.69) is 61.5 Å². The molecular formula is C21H32BrN3O. The molecule has 2 heterocycles. The van der Waals surface area contributed by atoms with Crippen LogP contribution in [-0.2, 0) is 0 Å². The Balaban J connectivity index is 0.000000791. The Morgan fingerprint density at radius 3 is 2.46 bits per heavy atom. The molecule has 2 N–H and O–H groups in total. The Labute approximate surface area is 166 Å². The molecule has 0 amide bonds. The molecule has 1 fully saturated rings. The number of halogens is 1. The zero-order chi connectivity index (χ0) is 19.4. The van der Waals surface area contributed by atoms with Crippen LogP contribution >= 0.6 is 15.9 Å². The second-order valence-corrected chi connectivity index (χ2v) is 6.44. The van der Waals surface area contributed by atoms with Crippen LogP contribution in [0.3, 0.4) is 0 Å². The summed E-state index contributed by atoms with van der Waals surface area (Å²) < 4.78 is 0.974. The van der Waals surface area contributed by atoms with Crippen molar-refractivity contribution in [3.8, 4) is 0 Å². The molecule has 1 saturated heterocycles. The van der Waals surface area contributed by atoms with E-state index in [1.807, 2.05) is 40.0 Å². The van der Waals surface area contributed by atoms with Gasteiger partial charge in [0.2, 0.25) is 0 Å². The summed E-state index contributed by atoms with van der Waals surface area (Å²) in [5.41, 5.74) is 2.36. The minimum absolute atomic E-state index is 0.102. The molecule has 1 aliphatic rings. The summed E-state index contributed by atoms with van der Waals surface area (Å²) in [5.74, 6) is 0. The van der Waals surface area contributed by atoms with Crippen molar-refractivity contribution in [2.24, 2.45) is 0 Å². The van der Waals surface area contributed by atoms with E-state index < -0.39 is 0 Å². The molecule has 5 heteroatoms. The smallest absolute Gasteiger partial charge is 0.0621 e. The van der Waals surface area contributed by atoms with Crippen LogP contribution in [-0.4, -0.2) is 47.3 Å². The first kappa shape index (κ1) is 22.8. The number of benzene rings is 1. The molecule has 26 heavy (non-hydrogen) atoms. The van der Waals surface area contributed by atoms with Gasteiger partial charge in [0.05, 0.1) is 12.6 Å². The van der Waals surface area contributed by atoms with E-state index in [0.29, 0.717) is 0 Å². The molecule has 0 aliphatic carbocycles. The molecule has 2 unspecified atom stereocenters. The second kappa shape index (κ2) is 13.0. The van der Waals surface area contributed by atoms with Gasteiger partial charge in [0.25, 0.3) is 0 Å². The van der Waals surface area contributed by atoms with Gasteiger partial charge in [-0.15, -0.1) is 0 Å². The first-order valence-corrected chi connectivity index (χ1v) is 10.3. The van der Waals surface area contributed by atoms with Crippen molar-refractivity contribution >= 4 is 15.9 Å². The van der Waals surface area contributed by atoms with Crippen LogP contribution in [0.4, 0.5) is 0 Å². The summed E-state index contributed by atoms with van der Waals surface area (Å²) in [7, 11) is 0. The maximum absolute atomic E-state index is 9.75. The fraction of sp³-hybridized carbons (Fsp3) is 0.476. The average molecular weight is 422 g/mol. The molecule has 0 spiro atoms. The van der Waals surface area contributed by atoms with Crippen LogP contribution in [0.15, 0.2) is 53.3 Å². The number of piperazine rings is 1. The molecule has 1 aliphatic heterocycles. The standard InChI is InChI=1S/C17H20BrN3O.2C2H6/c18-15-8-14(9-20-10-15)17(13-4-2-1-3-5-13)21-7-6-19-11-16(21)12-22;2*1-2/h1-5,8-10,16-17,19,22H,6-7,11-12H2;2*1-2H3. The van der Waals surface area contributed by atoms with Crippen LogP contribution in [0.25, 0.3) is 0 Å². The van der Waals surface area contributed by atoms with E-state index in [1.54, 1.807) is 6.20 Å². The van der Waals surface area contributed by atoms with Crippen LogP contribution in [0.1, 0.15) is 44.9 Å². The van der Waals surface area contributed by atoms with Gasteiger partial charge in [-0.3, -0.25) is 9.88 Å². The number of rotatable bonds is 4. The monoisotopic (exact) mass is 421 g/mol. The van der Waals surface area contributed by atoms with Gasteiger partial charge in [-0.05, 0) is 33.1 Å². The Bertz CT molecular complexity index is 609. The molecule has 144 valence electrons. The van der Waals surface area contributed by atoms with Crippen molar-refractivity contribution in [2.75, 3.05) is 26.2 Å². The summed E-state index contributed by atoms with van der Waals surface area (Å²) in [5, 5.41) is 13.1. The largest absolute Gasteiger partial charge is 0.395 e. The number of aromatic nitrogens is 1. The van der Waals surface area contributed by atoms with Crippen LogP contribution < -0.4 is 5.32 Å². The van der Waals surface area contributed by atoms with Gasteiger partial charge >= 0.3 is 0 Å².